The fraction of sp³-hybridized carbons (Fsp3) is 1.00. The van der Waals surface area contributed by atoms with E-state index >= 15 is 0 Å². The fourth-order valence-electron chi connectivity index (χ4n) is 1.66. The molecule has 1 aliphatic heterocycles. The lowest BCUT2D eigenvalue weighted by molar-refractivity contribution is 0.189. The lowest BCUT2D eigenvalue weighted by Gasteiger charge is -2.31. The van der Waals surface area contributed by atoms with Crippen LogP contribution < -0.4 is 5.32 Å². The van der Waals surface area contributed by atoms with Gasteiger partial charge in [0.1, 0.15) is 0 Å². The molecule has 0 aromatic carbocycles. The molecule has 1 atom stereocenters. The zero-order valence-corrected chi connectivity index (χ0v) is 8.85. The maximum absolute atomic E-state index is 3.49. The summed E-state index contributed by atoms with van der Waals surface area (Å²) in [5.41, 5.74) is 0.436. The molecule has 72 valence electrons. The van der Waals surface area contributed by atoms with Crippen molar-refractivity contribution < 1.29 is 0 Å². The van der Waals surface area contributed by atoms with E-state index in [0.29, 0.717) is 5.41 Å². The first-order valence-electron chi connectivity index (χ1n) is 4.89. The Morgan fingerprint density at radius 2 is 2.00 bits per heavy atom. The Kier molecular flexibility index (Phi) is 3.13. The number of hydrogen-bond donors (Lipinski definition) is 1. The molecule has 2 heteroatoms. The third kappa shape index (κ3) is 2.76. The molecule has 0 radical (unpaired) electrons. The van der Waals surface area contributed by atoms with Crippen molar-refractivity contribution in [3.8, 4) is 0 Å². The summed E-state index contributed by atoms with van der Waals surface area (Å²) in [6, 6.07) is 0. The molecular weight excluding hydrogens is 148 g/mol. The van der Waals surface area contributed by atoms with Crippen LogP contribution >= 0.6 is 0 Å². The molecule has 1 unspecified atom stereocenters. The average Bonchev–Trinajstić information content (AvgIpc) is 2.11. The van der Waals surface area contributed by atoms with Crippen LogP contribution in [0.2, 0.25) is 0 Å². The Labute approximate surface area is 76.3 Å². The Morgan fingerprint density at radius 1 is 1.33 bits per heavy atom. The summed E-state index contributed by atoms with van der Waals surface area (Å²) in [5, 5.41) is 3.49. The van der Waals surface area contributed by atoms with E-state index in [0.717, 1.165) is 12.5 Å². The molecule has 1 N–H and O–H groups in total. The topological polar surface area (TPSA) is 15.3 Å². The first-order valence-corrected chi connectivity index (χ1v) is 4.89. The van der Waals surface area contributed by atoms with Crippen LogP contribution in [0.1, 0.15) is 20.8 Å². The number of hydrogen-bond acceptors (Lipinski definition) is 2. The predicted molar refractivity (Wildman–Crippen MR) is 53.3 cm³/mol. The molecular formula is C10H22N2. The van der Waals surface area contributed by atoms with Gasteiger partial charge in [-0.2, -0.15) is 0 Å². The minimum absolute atomic E-state index is 0.436. The maximum atomic E-state index is 3.49. The molecule has 1 fully saturated rings. The van der Waals surface area contributed by atoms with E-state index in [2.05, 4.69) is 38.0 Å². The molecule has 1 rings (SSSR count). The monoisotopic (exact) mass is 170 g/mol. The van der Waals surface area contributed by atoms with Gasteiger partial charge in [-0.15, -0.1) is 0 Å². The van der Waals surface area contributed by atoms with Crippen LogP contribution in [0.5, 0.6) is 0 Å². The number of nitrogens with one attached hydrogen (secondary N) is 1. The van der Waals surface area contributed by atoms with Crippen molar-refractivity contribution in [1.82, 2.24) is 10.2 Å². The van der Waals surface area contributed by atoms with Crippen molar-refractivity contribution in [2.24, 2.45) is 11.3 Å². The van der Waals surface area contributed by atoms with Crippen molar-refractivity contribution in [3.63, 3.8) is 0 Å². The smallest absolute Gasteiger partial charge is 0.0104 e. The number of likely N-dealkylation sites (N-methyl/N-ethyl adjacent to an activating group) is 1. The molecule has 0 spiro atoms. The van der Waals surface area contributed by atoms with E-state index in [1.807, 2.05) is 0 Å². The van der Waals surface area contributed by atoms with Gasteiger partial charge in [0.05, 0.1) is 0 Å². The molecule has 0 aromatic rings. The van der Waals surface area contributed by atoms with Gasteiger partial charge < -0.3 is 10.2 Å². The van der Waals surface area contributed by atoms with Gasteiger partial charge in [0.15, 0.2) is 0 Å². The Balaban J connectivity index is 2.52. The molecule has 0 bridgehead atoms. The number of nitrogens with zero attached hydrogens (tertiary/aromatic N) is 1. The van der Waals surface area contributed by atoms with Gasteiger partial charge in [-0.3, -0.25) is 0 Å². The van der Waals surface area contributed by atoms with Crippen LogP contribution in [-0.4, -0.2) is 38.1 Å². The summed E-state index contributed by atoms with van der Waals surface area (Å²) >= 11 is 0. The van der Waals surface area contributed by atoms with Crippen LogP contribution in [0.3, 0.4) is 0 Å². The first kappa shape index (κ1) is 10.0. The molecule has 1 aliphatic rings. The Morgan fingerprint density at radius 3 is 2.58 bits per heavy atom. The van der Waals surface area contributed by atoms with E-state index in [1.54, 1.807) is 0 Å². The second-order valence-electron chi connectivity index (χ2n) is 5.03. The molecule has 0 saturated carbocycles. The zero-order valence-electron chi connectivity index (χ0n) is 8.85. The molecule has 0 aliphatic carbocycles. The third-order valence-electron chi connectivity index (χ3n) is 2.82. The second kappa shape index (κ2) is 3.75. The predicted octanol–water partition coefficient (Wildman–Crippen LogP) is 1.18. The van der Waals surface area contributed by atoms with E-state index in [9.17, 15) is 0 Å². The number of rotatable bonds is 0. The van der Waals surface area contributed by atoms with E-state index in [1.165, 1.54) is 19.6 Å². The molecule has 1 heterocycles. The summed E-state index contributed by atoms with van der Waals surface area (Å²) in [6.45, 7) is 11.7. The van der Waals surface area contributed by atoms with Crippen molar-refractivity contribution in [2.45, 2.75) is 20.8 Å². The van der Waals surface area contributed by atoms with Crippen molar-refractivity contribution in [2.75, 3.05) is 33.2 Å². The lowest BCUT2D eigenvalue weighted by atomic mass is 9.80. The Hall–Kier alpha value is -0.0800. The van der Waals surface area contributed by atoms with E-state index in [4.69, 9.17) is 0 Å². The maximum Gasteiger partial charge on any atom is 0.0104 e. The summed E-state index contributed by atoms with van der Waals surface area (Å²) in [5.74, 6) is 0.782. The van der Waals surface area contributed by atoms with Gasteiger partial charge in [-0.25, -0.2) is 0 Å². The van der Waals surface area contributed by atoms with Crippen LogP contribution in [0.15, 0.2) is 0 Å². The normalized spacial score (nSPS) is 28.5. The van der Waals surface area contributed by atoms with Crippen molar-refractivity contribution in [3.05, 3.63) is 0 Å². The molecule has 12 heavy (non-hydrogen) atoms. The van der Waals surface area contributed by atoms with Crippen molar-refractivity contribution in [1.29, 1.82) is 0 Å². The van der Waals surface area contributed by atoms with Gasteiger partial charge >= 0.3 is 0 Å². The largest absolute Gasteiger partial charge is 0.315 e. The van der Waals surface area contributed by atoms with Crippen LogP contribution in [-0.2, 0) is 0 Å². The van der Waals surface area contributed by atoms with Crippen LogP contribution in [0, 0.1) is 11.3 Å². The second-order valence-corrected chi connectivity index (χ2v) is 5.03. The molecule has 0 aromatic heterocycles. The highest BCUT2D eigenvalue weighted by atomic mass is 15.1. The van der Waals surface area contributed by atoms with Crippen LogP contribution in [0.25, 0.3) is 0 Å². The summed E-state index contributed by atoms with van der Waals surface area (Å²) < 4.78 is 0. The average molecular weight is 170 g/mol. The summed E-state index contributed by atoms with van der Waals surface area (Å²) in [4.78, 5) is 2.43. The summed E-state index contributed by atoms with van der Waals surface area (Å²) in [6.07, 6.45) is 0. The minimum atomic E-state index is 0.436. The van der Waals surface area contributed by atoms with E-state index in [-0.39, 0.29) is 0 Å². The molecule has 2 nitrogen and oxygen atoms in total. The SMILES string of the molecule is CN1CCNCC(C(C)(C)C)C1. The fourth-order valence-corrected chi connectivity index (χ4v) is 1.66. The Bertz CT molecular complexity index is 137. The van der Waals surface area contributed by atoms with Gasteiger partial charge in [0.2, 0.25) is 0 Å². The molecule has 1 saturated heterocycles. The van der Waals surface area contributed by atoms with Gasteiger partial charge in [0, 0.05) is 19.6 Å². The van der Waals surface area contributed by atoms with E-state index < -0.39 is 0 Å². The van der Waals surface area contributed by atoms with Gasteiger partial charge in [-0.05, 0) is 24.9 Å². The minimum Gasteiger partial charge on any atom is -0.315 e. The molecule has 0 amide bonds. The highest BCUT2D eigenvalue weighted by Crippen LogP contribution is 2.26. The third-order valence-corrected chi connectivity index (χ3v) is 2.82. The zero-order chi connectivity index (χ0) is 9.19. The van der Waals surface area contributed by atoms with Gasteiger partial charge in [-0.1, -0.05) is 20.8 Å². The highest BCUT2D eigenvalue weighted by Gasteiger charge is 2.26. The summed E-state index contributed by atoms with van der Waals surface area (Å²) in [7, 11) is 2.21. The van der Waals surface area contributed by atoms with Gasteiger partial charge in [0.25, 0.3) is 0 Å². The quantitative estimate of drug-likeness (QED) is 0.587. The highest BCUT2D eigenvalue weighted by molar-refractivity contribution is 4.80. The lowest BCUT2D eigenvalue weighted by Crippen LogP contribution is -2.35. The standard InChI is InChI=1S/C10H22N2/c1-10(2,3)9-7-11-5-6-12(4)8-9/h9,11H,5-8H2,1-4H3. The van der Waals surface area contributed by atoms with Crippen molar-refractivity contribution >= 4 is 0 Å². The first-order chi connectivity index (χ1) is 5.50. The van der Waals surface area contributed by atoms with Crippen LogP contribution in [0.4, 0.5) is 0 Å².